The van der Waals surface area contributed by atoms with E-state index in [2.05, 4.69) is 11.2 Å². The Morgan fingerprint density at radius 2 is 2.15 bits per heavy atom. The lowest BCUT2D eigenvalue weighted by molar-refractivity contribution is 0.355. The molecule has 1 aliphatic carbocycles. The first-order chi connectivity index (χ1) is 6.27. The van der Waals surface area contributed by atoms with Crippen molar-refractivity contribution < 1.29 is 0 Å². The van der Waals surface area contributed by atoms with Crippen LogP contribution in [0.1, 0.15) is 32.6 Å². The summed E-state index contributed by atoms with van der Waals surface area (Å²) in [7, 11) is 0. The molecule has 2 heteroatoms. The summed E-state index contributed by atoms with van der Waals surface area (Å²) in [5.41, 5.74) is 5.72. The molecule has 0 heterocycles. The van der Waals surface area contributed by atoms with Crippen molar-refractivity contribution in [1.82, 2.24) is 5.32 Å². The lowest BCUT2D eigenvalue weighted by Crippen LogP contribution is -2.45. The van der Waals surface area contributed by atoms with Gasteiger partial charge in [-0.25, -0.2) is 0 Å². The van der Waals surface area contributed by atoms with Crippen molar-refractivity contribution >= 4 is 0 Å². The van der Waals surface area contributed by atoms with E-state index in [0.717, 1.165) is 5.92 Å². The molecule has 0 spiro atoms. The Balaban J connectivity index is 2.38. The summed E-state index contributed by atoms with van der Waals surface area (Å²) < 4.78 is 0. The van der Waals surface area contributed by atoms with Gasteiger partial charge in [0.25, 0.3) is 0 Å². The Labute approximate surface area is 81.3 Å². The van der Waals surface area contributed by atoms with E-state index in [1.165, 1.54) is 25.7 Å². The smallest absolute Gasteiger partial charge is 0.0660 e. The molecule has 0 aromatic heterocycles. The summed E-state index contributed by atoms with van der Waals surface area (Å²) in [6.45, 7) is 2.72. The van der Waals surface area contributed by atoms with Gasteiger partial charge in [-0.3, -0.25) is 5.32 Å². The van der Waals surface area contributed by atoms with Crippen LogP contribution < -0.4 is 11.1 Å². The zero-order valence-corrected chi connectivity index (χ0v) is 8.42. The Morgan fingerprint density at radius 3 is 2.62 bits per heavy atom. The van der Waals surface area contributed by atoms with Crippen LogP contribution in [-0.4, -0.2) is 18.6 Å². The zero-order valence-electron chi connectivity index (χ0n) is 8.42. The molecule has 1 rings (SSSR count). The summed E-state index contributed by atoms with van der Waals surface area (Å²) in [5.74, 6) is 3.44. The highest BCUT2D eigenvalue weighted by Crippen LogP contribution is 2.27. The van der Waals surface area contributed by atoms with E-state index < -0.39 is 0 Å². The van der Waals surface area contributed by atoms with Crippen molar-refractivity contribution in [3.05, 3.63) is 0 Å². The third kappa shape index (κ3) is 3.02. The van der Waals surface area contributed by atoms with Gasteiger partial charge >= 0.3 is 0 Å². The van der Waals surface area contributed by atoms with Crippen LogP contribution in [0.4, 0.5) is 0 Å². The standard InChI is InChI=1S/C11H20N2/c1-3-9(2)13-11(8-12)10-6-4-5-7-10/h1,9-11,13H,4-8,12H2,2H3. The Kier molecular flexibility index (Phi) is 4.27. The maximum Gasteiger partial charge on any atom is 0.0660 e. The quantitative estimate of drug-likeness (QED) is 0.636. The van der Waals surface area contributed by atoms with Crippen LogP contribution >= 0.6 is 0 Å². The third-order valence-corrected chi connectivity index (χ3v) is 2.94. The normalized spacial score (nSPS) is 22.5. The fourth-order valence-corrected chi connectivity index (χ4v) is 2.13. The topological polar surface area (TPSA) is 38.0 Å². The summed E-state index contributed by atoms with van der Waals surface area (Å²) >= 11 is 0. The minimum atomic E-state index is 0.147. The molecule has 2 atom stereocenters. The predicted molar refractivity (Wildman–Crippen MR) is 56.2 cm³/mol. The second kappa shape index (κ2) is 5.26. The van der Waals surface area contributed by atoms with Gasteiger partial charge < -0.3 is 5.73 Å². The van der Waals surface area contributed by atoms with E-state index in [1.54, 1.807) is 0 Å². The number of nitrogens with one attached hydrogen (secondary N) is 1. The van der Waals surface area contributed by atoms with Crippen molar-refractivity contribution in [1.29, 1.82) is 0 Å². The van der Waals surface area contributed by atoms with Crippen LogP contribution in [0.3, 0.4) is 0 Å². The van der Waals surface area contributed by atoms with Gasteiger partial charge in [-0.05, 0) is 25.7 Å². The second-order valence-electron chi connectivity index (χ2n) is 3.94. The van der Waals surface area contributed by atoms with Gasteiger partial charge in [-0.2, -0.15) is 0 Å². The lowest BCUT2D eigenvalue weighted by atomic mass is 9.97. The molecule has 2 unspecified atom stereocenters. The maximum absolute atomic E-state index is 5.72. The van der Waals surface area contributed by atoms with Crippen LogP contribution in [-0.2, 0) is 0 Å². The molecule has 0 amide bonds. The van der Waals surface area contributed by atoms with Gasteiger partial charge in [0.05, 0.1) is 6.04 Å². The van der Waals surface area contributed by atoms with Crippen LogP contribution in [0.5, 0.6) is 0 Å². The average Bonchev–Trinajstić information content (AvgIpc) is 2.66. The van der Waals surface area contributed by atoms with Crippen LogP contribution in [0.15, 0.2) is 0 Å². The number of hydrogen-bond acceptors (Lipinski definition) is 2. The van der Waals surface area contributed by atoms with E-state index in [0.29, 0.717) is 12.6 Å². The van der Waals surface area contributed by atoms with E-state index in [-0.39, 0.29) is 6.04 Å². The molecule has 1 fully saturated rings. The van der Waals surface area contributed by atoms with Crippen LogP contribution in [0.2, 0.25) is 0 Å². The summed E-state index contributed by atoms with van der Waals surface area (Å²) in [5, 5.41) is 3.40. The molecule has 0 saturated heterocycles. The molecule has 0 radical (unpaired) electrons. The van der Waals surface area contributed by atoms with Crippen molar-refractivity contribution in [2.45, 2.75) is 44.7 Å². The highest BCUT2D eigenvalue weighted by atomic mass is 15.0. The van der Waals surface area contributed by atoms with Gasteiger partial charge in [0.15, 0.2) is 0 Å². The first kappa shape index (κ1) is 10.6. The average molecular weight is 180 g/mol. The van der Waals surface area contributed by atoms with E-state index in [1.807, 2.05) is 6.92 Å². The van der Waals surface area contributed by atoms with E-state index in [4.69, 9.17) is 12.2 Å². The molecule has 13 heavy (non-hydrogen) atoms. The lowest BCUT2D eigenvalue weighted by Gasteiger charge is -2.24. The van der Waals surface area contributed by atoms with Crippen molar-refractivity contribution in [3.8, 4) is 12.3 Å². The molecule has 1 aliphatic rings. The highest BCUT2D eigenvalue weighted by molar-refractivity contribution is 4.98. The summed E-state index contributed by atoms with van der Waals surface area (Å²) in [4.78, 5) is 0. The molecule has 74 valence electrons. The first-order valence-corrected chi connectivity index (χ1v) is 5.20. The van der Waals surface area contributed by atoms with E-state index in [9.17, 15) is 0 Å². The van der Waals surface area contributed by atoms with Gasteiger partial charge in [0, 0.05) is 12.6 Å². The third-order valence-electron chi connectivity index (χ3n) is 2.94. The molecule has 1 saturated carbocycles. The van der Waals surface area contributed by atoms with Gasteiger partial charge in [-0.15, -0.1) is 6.42 Å². The number of hydrogen-bond donors (Lipinski definition) is 2. The largest absolute Gasteiger partial charge is 0.329 e. The minimum Gasteiger partial charge on any atom is -0.329 e. The highest BCUT2D eigenvalue weighted by Gasteiger charge is 2.24. The summed E-state index contributed by atoms with van der Waals surface area (Å²) in [6.07, 6.45) is 10.7. The molecule has 2 nitrogen and oxygen atoms in total. The monoisotopic (exact) mass is 180 g/mol. The number of rotatable bonds is 4. The fourth-order valence-electron chi connectivity index (χ4n) is 2.13. The van der Waals surface area contributed by atoms with Crippen molar-refractivity contribution in [2.24, 2.45) is 11.7 Å². The first-order valence-electron chi connectivity index (χ1n) is 5.20. The Morgan fingerprint density at radius 1 is 1.54 bits per heavy atom. The molecular formula is C11H20N2. The SMILES string of the molecule is C#CC(C)NC(CN)C1CCCC1. The summed E-state index contributed by atoms with van der Waals surface area (Å²) in [6, 6.07) is 0.572. The fraction of sp³-hybridized carbons (Fsp3) is 0.818. The molecular weight excluding hydrogens is 160 g/mol. The molecule has 0 aliphatic heterocycles. The maximum atomic E-state index is 5.72. The van der Waals surface area contributed by atoms with E-state index >= 15 is 0 Å². The van der Waals surface area contributed by atoms with Crippen molar-refractivity contribution in [2.75, 3.05) is 6.54 Å². The number of nitrogens with two attached hydrogens (primary N) is 1. The van der Waals surface area contributed by atoms with Gasteiger partial charge in [-0.1, -0.05) is 18.8 Å². The minimum absolute atomic E-state index is 0.147. The second-order valence-corrected chi connectivity index (χ2v) is 3.94. The number of terminal acetylenes is 1. The molecule has 0 aromatic rings. The molecule has 0 bridgehead atoms. The Bertz CT molecular complexity index is 177. The molecule has 0 aromatic carbocycles. The van der Waals surface area contributed by atoms with Crippen LogP contribution in [0.25, 0.3) is 0 Å². The van der Waals surface area contributed by atoms with Crippen molar-refractivity contribution in [3.63, 3.8) is 0 Å². The van der Waals surface area contributed by atoms with Crippen LogP contribution in [0, 0.1) is 18.3 Å². The van der Waals surface area contributed by atoms with Gasteiger partial charge in [0.2, 0.25) is 0 Å². The molecule has 3 N–H and O–H groups in total. The predicted octanol–water partition coefficient (Wildman–Crippen LogP) is 1.12. The Hall–Kier alpha value is -0.520. The van der Waals surface area contributed by atoms with Gasteiger partial charge in [0.1, 0.15) is 0 Å². The zero-order chi connectivity index (χ0) is 9.68.